The number of nitrogens with one attached hydrogen (secondary N) is 1. The molecule has 18 heavy (non-hydrogen) atoms. The molecule has 2 heterocycles. The molecule has 0 aliphatic rings. The Morgan fingerprint density at radius 1 is 1.11 bits per heavy atom. The van der Waals surface area contributed by atoms with Crippen LogP contribution in [0.3, 0.4) is 0 Å². The van der Waals surface area contributed by atoms with Crippen molar-refractivity contribution in [2.24, 2.45) is 5.73 Å². The van der Waals surface area contributed by atoms with Gasteiger partial charge in [-0.15, -0.1) is 10.2 Å². The second-order valence-corrected chi connectivity index (χ2v) is 4.86. The molecule has 2 rings (SSSR count). The Morgan fingerprint density at radius 2 is 1.94 bits per heavy atom. The Morgan fingerprint density at radius 3 is 2.50 bits per heavy atom. The van der Waals surface area contributed by atoms with Crippen LogP contribution in [0.15, 0.2) is 36.5 Å². The quantitative estimate of drug-likeness (QED) is 0.854. The maximum absolute atomic E-state index is 5.88. The molecule has 0 amide bonds. The van der Waals surface area contributed by atoms with Gasteiger partial charge in [0.1, 0.15) is 11.5 Å². The van der Waals surface area contributed by atoms with Crippen LogP contribution in [0.1, 0.15) is 13.8 Å². The van der Waals surface area contributed by atoms with Crippen molar-refractivity contribution in [3.05, 3.63) is 36.5 Å². The molecule has 0 unspecified atom stereocenters. The molecule has 5 heteroatoms. The van der Waals surface area contributed by atoms with E-state index in [1.807, 2.05) is 44.2 Å². The largest absolute Gasteiger partial charge is 0.367 e. The average molecular weight is 243 g/mol. The van der Waals surface area contributed by atoms with Crippen molar-refractivity contribution in [3.63, 3.8) is 0 Å². The van der Waals surface area contributed by atoms with E-state index in [1.54, 1.807) is 6.20 Å². The molecule has 0 aliphatic carbocycles. The molecular formula is C13H17N5. The average Bonchev–Trinajstić information content (AvgIpc) is 2.37. The first-order valence-corrected chi connectivity index (χ1v) is 5.82. The Kier molecular flexibility index (Phi) is 3.53. The molecule has 2 aromatic heterocycles. The lowest BCUT2D eigenvalue weighted by Gasteiger charge is -2.18. The highest BCUT2D eigenvalue weighted by Gasteiger charge is 2.10. The molecule has 0 atom stereocenters. The van der Waals surface area contributed by atoms with Gasteiger partial charge in [-0.05, 0) is 38.1 Å². The highest BCUT2D eigenvalue weighted by atomic mass is 15.2. The van der Waals surface area contributed by atoms with Crippen LogP contribution in [-0.2, 0) is 0 Å². The van der Waals surface area contributed by atoms with Gasteiger partial charge >= 0.3 is 0 Å². The summed E-state index contributed by atoms with van der Waals surface area (Å²) in [5.41, 5.74) is 7.18. The van der Waals surface area contributed by atoms with Crippen LogP contribution in [0, 0.1) is 0 Å². The zero-order chi connectivity index (χ0) is 13.0. The van der Waals surface area contributed by atoms with E-state index in [2.05, 4.69) is 20.5 Å². The molecule has 0 saturated heterocycles. The Balaban J connectivity index is 2.07. The fourth-order valence-electron chi connectivity index (χ4n) is 1.40. The molecule has 0 aliphatic heterocycles. The van der Waals surface area contributed by atoms with Crippen LogP contribution in [0.5, 0.6) is 0 Å². The van der Waals surface area contributed by atoms with Crippen LogP contribution >= 0.6 is 0 Å². The smallest absolute Gasteiger partial charge is 0.148 e. The summed E-state index contributed by atoms with van der Waals surface area (Å²) < 4.78 is 0. The summed E-state index contributed by atoms with van der Waals surface area (Å²) in [6.07, 6.45) is 1.74. The van der Waals surface area contributed by atoms with Crippen molar-refractivity contribution in [1.29, 1.82) is 0 Å². The van der Waals surface area contributed by atoms with Crippen LogP contribution in [-0.4, -0.2) is 27.3 Å². The van der Waals surface area contributed by atoms with Gasteiger partial charge in [0.15, 0.2) is 0 Å². The lowest BCUT2D eigenvalue weighted by molar-refractivity contribution is 0.548. The lowest BCUT2D eigenvalue weighted by Crippen LogP contribution is -2.39. The summed E-state index contributed by atoms with van der Waals surface area (Å²) in [6, 6.07) is 9.47. The van der Waals surface area contributed by atoms with Gasteiger partial charge in [0.25, 0.3) is 0 Å². The Hall–Kier alpha value is -2.01. The van der Waals surface area contributed by atoms with E-state index in [-0.39, 0.29) is 5.54 Å². The van der Waals surface area contributed by atoms with Crippen LogP contribution in [0.4, 0.5) is 5.82 Å². The first kappa shape index (κ1) is 12.4. The minimum absolute atomic E-state index is 0.276. The Labute approximate surface area is 106 Å². The van der Waals surface area contributed by atoms with Gasteiger partial charge in [-0.2, -0.15) is 0 Å². The topological polar surface area (TPSA) is 76.7 Å². The minimum Gasteiger partial charge on any atom is -0.367 e. The highest BCUT2D eigenvalue weighted by molar-refractivity contribution is 5.54. The maximum Gasteiger partial charge on any atom is 0.148 e. The molecule has 0 saturated carbocycles. The molecule has 0 spiro atoms. The van der Waals surface area contributed by atoms with Gasteiger partial charge in [-0.1, -0.05) is 6.07 Å². The van der Waals surface area contributed by atoms with E-state index in [4.69, 9.17) is 5.73 Å². The number of rotatable bonds is 4. The third-order valence-electron chi connectivity index (χ3n) is 2.32. The summed E-state index contributed by atoms with van der Waals surface area (Å²) in [4.78, 5) is 4.22. The van der Waals surface area contributed by atoms with Crippen LogP contribution in [0.2, 0.25) is 0 Å². The molecule has 0 radical (unpaired) electrons. The predicted molar refractivity (Wildman–Crippen MR) is 72.0 cm³/mol. The van der Waals surface area contributed by atoms with Crippen molar-refractivity contribution >= 4 is 5.82 Å². The van der Waals surface area contributed by atoms with Gasteiger partial charge < -0.3 is 11.1 Å². The number of pyridine rings is 1. The summed E-state index contributed by atoms with van der Waals surface area (Å²) >= 11 is 0. The molecule has 0 bridgehead atoms. The molecule has 2 aromatic rings. The van der Waals surface area contributed by atoms with E-state index in [0.29, 0.717) is 12.4 Å². The molecule has 3 N–H and O–H groups in total. The van der Waals surface area contributed by atoms with Crippen molar-refractivity contribution in [1.82, 2.24) is 15.2 Å². The number of hydrogen-bond acceptors (Lipinski definition) is 5. The van der Waals surface area contributed by atoms with Crippen LogP contribution < -0.4 is 11.1 Å². The number of nitrogens with two attached hydrogens (primary N) is 1. The zero-order valence-corrected chi connectivity index (χ0v) is 10.6. The third-order valence-corrected chi connectivity index (χ3v) is 2.32. The number of nitrogens with zero attached hydrogens (tertiary/aromatic N) is 3. The van der Waals surface area contributed by atoms with Crippen molar-refractivity contribution in [3.8, 4) is 11.4 Å². The molecule has 94 valence electrons. The van der Waals surface area contributed by atoms with Crippen molar-refractivity contribution in [2.75, 3.05) is 11.9 Å². The van der Waals surface area contributed by atoms with Crippen molar-refractivity contribution in [2.45, 2.75) is 19.4 Å². The first-order chi connectivity index (χ1) is 8.54. The maximum atomic E-state index is 5.88. The summed E-state index contributed by atoms with van der Waals surface area (Å²) in [5.74, 6) is 0.716. The van der Waals surface area contributed by atoms with E-state index < -0.39 is 0 Å². The molecule has 5 nitrogen and oxygen atoms in total. The highest BCUT2D eigenvalue weighted by Crippen LogP contribution is 2.13. The Bertz CT molecular complexity index is 487. The number of hydrogen-bond donors (Lipinski definition) is 2. The zero-order valence-electron chi connectivity index (χ0n) is 10.6. The molecule has 0 aromatic carbocycles. The third kappa shape index (κ3) is 3.49. The van der Waals surface area contributed by atoms with Crippen molar-refractivity contribution < 1.29 is 0 Å². The number of aromatic nitrogens is 3. The van der Waals surface area contributed by atoms with E-state index >= 15 is 0 Å². The number of anilines is 1. The minimum atomic E-state index is -0.276. The van der Waals surface area contributed by atoms with Gasteiger partial charge in [-0.25, -0.2) is 0 Å². The monoisotopic (exact) mass is 243 g/mol. The summed E-state index contributed by atoms with van der Waals surface area (Å²) in [5, 5.41) is 11.4. The van der Waals surface area contributed by atoms with E-state index in [0.717, 1.165) is 11.4 Å². The fourth-order valence-corrected chi connectivity index (χ4v) is 1.40. The lowest BCUT2D eigenvalue weighted by atomic mass is 10.1. The standard InChI is InChI=1S/C13H17N5/c1-13(2,14)9-16-12-7-6-11(17-18-12)10-5-3-4-8-15-10/h3-8H,9,14H2,1-2H3,(H,16,18). The van der Waals surface area contributed by atoms with Gasteiger partial charge in [0.2, 0.25) is 0 Å². The predicted octanol–water partition coefficient (Wildman–Crippen LogP) is 1.69. The first-order valence-electron chi connectivity index (χ1n) is 5.82. The molecular weight excluding hydrogens is 226 g/mol. The summed E-state index contributed by atoms with van der Waals surface area (Å²) in [6.45, 7) is 4.55. The van der Waals surface area contributed by atoms with E-state index in [9.17, 15) is 0 Å². The fraction of sp³-hybridized carbons (Fsp3) is 0.308. The van der Waals surface area contributed by atoms with Gasteiger partial charge in [0.05, 0.1) is 5.69 Å². The second kappa shape index (κ2) is 5.10. The SMILES string of the molecule is CC(C)(N)CNc1ccc(-c2ccccn2)nn1. The second-order valence-electron chi connectivity index (χ2n) is 4.86. The summed E-state index contributed by atoms with van der Waals surface area (Å²) in [7, 11) is 0. The van der Waals surface area contributed by atoms with Gasteiger partial charge in [-0.3, -0.25) is 4.98 Å². The van der Waals surface area contributed by atoms with E-state index in [1.165, 1.54) is 0 Å². The molecule has 0 fully saturated rings. The van der Waals surface area contributed by atoms with Crippen LogP contribution in [0.25, 0.3) is 11.4 Å². The van der Waals surface area contributed by atoms with Gasteiger partial charge in [0, 0.05) is 18.3 Å². The normalized spacial score (nSPS) is 11.3.